The first-order valence-corrected chi connectivity index (χ1v) is 9.54. The topological polar surface area (TPSA) is 24.1 Å². The summed E-state index contributed by atoms with van der Waals surface area (Å²) in [4.78, 5) is 0. The van der Waals surface area contributed by atoms with E-state index in [9.17, 15) is 0 Å². The van der Waals surface area contributed by atoms with Crippen molar-refractivity contribution >= 4 is 11.4 Å². The molecule has 2 heteroatoms. The van der Waals surface area contributed by atoms with Crippen LogP contribution in [0, 0.1) is 0 Å². The maximum atomic E-state index is 3.73. The zero-order valence-electron chi connectivity index (χ0n) is 14.6. The Labute approximate surface area is 145 Å². The second kappa shape index (κ2) is 6.88. The standard InChI is InChI=1S/C22H28N2/c1-2-19-13-10-18-9-7-16(15-22(18)23-19)8-12-20-14-11-17-5-3-4-6-21(17)24-20/h3-7,9,15,19-20,23-24H,2,8,10-14H2,1H3/t19-,20-/m1/s1. The van der Waals surface area contributed by atoms with Crippen molar-refractivity contribution in [2.75, 3.05) is 10.6 Å². The van der Waals surface area contributed by atoms with Crippen LogP contribution in [0.5, 0.6) is 0 Å². The van der Waals surface area contributed by atoms with Gasteiger partial charge in [-0.2, -0.15) is 0 Å². The van der Waals surface area contributed by atoms with E-state index in [0.29, 0.717) is 12.1 Å². The van der Waals surface area contributed by atoms with E-state index in [-0.39, 0.29) is 0 Å². The molecule has 0 saturated heterocycles. The molecule has 0 aliphatic carbocycles. The molecule has 0 radical (unpaired) electrons. The maximum Gasteiger partial charge on any atom is 0.0377 e. The molecule has 0 unspecified atom stereocenters. The van der Waals surface area contributed by atoms with Crippen LogP contribution >= 0.6 is 0 Å². The number of nitrogens with one attached hydrogen (secondary N) is 2. The molecule has 0 fully saturated rings. The van der Waals surface area contributed by atoms with Crippen LogP contribution in [0.4, 0.5) is 11.4 Å². The van der Waals surface area contributed by atoms with E-state index >= 15 is 0 Å². The van der Waals surface area contributed by atoms with Crippen LogP contribution in [0.15, 0.2) is 42.5 Å². The highest BCUT2D eigenvalue weighted by Crippen LogP contribution is 2.29. The number of fused-ring (bicyclic) bond motifs is 2. The number of benzene rings is 2. The summed E-state index contributed by atoms with van der Waals surface area (Å²) in [6.07, 6.45) is 8.54. The molecule has 126 valence electrons. The van der Waals surface area contributed by atoms with E-state index in [1.165, 1.54) is 66.6 Å². The van der Waals surface area contributed by atoms with Crippen LogP contribution < -0.4 is 10.6 Å². The predicted octanol–water partition coefficient (Wildman–Crippen LogP) is 5.18. The van der Waals surface area contributed by atoms with Gasteiger partial charge < -0.3 is 10.6 Å². The van der Waals surface area contributed by atoms with E-state index in [1.54, 1.807) is 0 Å². The Balaban J connectivity index is 1.38. The number of para-hydroxylation sites is 1. The van der Waals surface area contributed by atoms with Crippen molar-refractivity contribution < 1.29 is 0 Å². The third-order valence-electron chi connectivity index (χ3n) is 5.71. The van der Waals surface area contributed by atoms with Crippen molar-refractivity contribution in [3.8, 4) is 0 Å². The second-order valence-electron chi connectivity index (χ2n) is 7.36. The Bertz CT molecular complexity index is 707. The van der Waals surface area contributed by atoms with Gasteiger partial charge in [-0.05, 0) is 73.8 Å². The Morgan fingerprint density at radius 1 is 0.875 bits per heavy atom. The Hall–Kier alpha value is -1.96. The van der Waals surface area contributed by atoms with Crippen LogP contribution in [-0.2, 0) is 19.3 Å². The van der Waals surface area contributed by atoms with Crippen molar-refractivity contribution in [3.05, 3.63) is 59.2 Å². The van der Waals surface area contributed by atoms with Crippen LogP contribution in [0.2, 0.25) is 0 Å². The number of rotatable bonds is 4. The summed E-state index contributed by atoms with van der Waals surface area (Å²) in [5, 5.41) is 7.45. The molecule has 4 rings (SSSR count). The van der Waals surface area contributed by atoms with Crippen molar-refractivity contribution in [2.24, 2.45) is 0 Å². The van der Waals surface area contributed by atoms with E-state index in [0.717, 1.165) is 6.42 Å². The number of aryl methyl sites for hydroxylation is 3. The number of anilines is 2. The molecule has 2 aromatic carbocycles. The molecular weight excluding hydrogens is 292 g/mol. The van der Waals surface area contributed by atoms with Crippen LogP contribution in [0.3, 0.4) is 0 Å². The average molecular weight is 320 g/mol. The van der Waals surface area contributed by atoms with Crippen molar-refractivity contribution in [1.29, 1.82) is 0 Å². The van der Waals surface area contributed by atoms with Gasteiger partial charge in [0, 0.05) is 23.5 Å². The second-order valence-corrected chi connectivity index (χ2v) is 7.36. The van der Waals surface area contributed by atoms with Gasteiger partial charge in [-0.15, -0.1) is 0 Å². The molecule has 2 aromatic rings. The molecule has 0 spiro atoms. The summed E-state index contributed by atoms with van der Waals surface area (Å²) >= 11 is 0. The van der Waals surface area contributed by atoms with Gasteiger partial charge in [0.15, 0.2) is 0 Å². The lowest BCUT2D eigenvalue weighted by atomic mass is 9.92. The molecule has 2 nitrogen and oxygen atoms in total. The largest absolute Gasteiger partial charge is 0.382 e. The lowest BCUT2D eigenvalue weighted by molar-refractivity contribution is 0.585. The van der Waals surface area contributed by atoms with E-state index in [1.807, 2.05) is 0 Å². The molecule has 0 saturated carbocycles. The minimum atomic E-state index is 0.604. The first-order chi connectivity index (χ1) is 11.8. The minimum absolute atomic E-state index is 0.604. The average Bonchev–Trinajstić information content (AvgIpc) is 2.65. The number of hydrogen-bond acceptors (Lipinski definition) is 2. The summed E-state index contributed by atoms with van der Waals surface area (Å²) in [6, 6.07) is 17.1. The normalized spacial score (nSPS) is 22.0. The lowest BCUT2D eigenvalue weighted by Gasteiger charge is -2.28. The molecule has 0 aromatic heterocycles. The van der Waals surface area contributed by atoms with Crippen molar-refractivity contribution in [3.63, 3.8) is 0 Å². The first kappa shape index (κ1) is 15.6. The zero-order chi connectivity index (χ0) is 16.4. The van der Waals surface area contributed by atoms with E-state index < -0.39 is 0 Å². The molecule has 2 N–H and O–H groups in total. The van der Waals surface area contributed by atoms with Crippen LogP contribution in [0.25, 0.3) is 0 Å². The fourth-order valence-electron chi connectivity index (χ4n) is 4.12. The van der Waals surface area contributed by atoms with Gasteiger partial charge in [0.25, 0.3) is 0 Å². The molecule has 2 heterocycles. The van der Waals surface area contributed by atoms with Crippen LogP contribution in [-0.4, -0.2) is 12.1 Å². The van der Waals surface area contributed by atoms with Gasteiger partial charge >= 0.3 is 0 Å². The Morgan fingerprint density at radius 2 is 1.62 bits per heavy atom. The minimum Gasteiger partial charge on any atom is -0.382 e. The maximum absolute atomic E-state index is 3.73. The SMILES string of the molecule is CC[C@@H]1CCc2ccc(CC[C@@H]3CCc4ccccc4N3)cc2N1. The Kier molecular flexibility index (Phi) is 4.46. The van der Waals surface area contributed by atoms with E-state index in [2.05, 4.69) is 60.0 Å². The lowest BCUT2D eigenvalue weighted by Crippen LogP contribution is -2.26. The van der Waals surface area contributed by atoms with E-state index in [4.69, 9.17) is 0 Å². The van der Waals surface area contributed by atoms with Gasteiger partial charge in [0.1, 0.15) is 0 Å². The molecule has 2 aliphatic heterocycles. The number of hydrogen-bond donors (Lipinski definition) is 2. The summed E-state index contributed by atoms with van der Waals surface area (Å²) in [5.41, 5.74) is 7.16. The predicted molar refractivity (Wildman–Crippen MR) is 103 cm³/mol. The molecule has 2 atom stereocenters. The summed E-state index contributed by atoms with van der Waals surface area (Å²) in [7, 11) is 0. The highest BCUT2D eigenvalue weighted by Gasteiger charge is 2.18. The van der Waals surface area contributed by atoms with Gasteiger partial charge in [-0.25, -0.2) is 0 Å². The highest BCUT2D eigenvalue weighted by molar-refractivity contribution is 5.56. The van der Waals surface area contributed by atoms with Crippen molar-refractivity contribution in [1.82, 2.24) is 0 Å². The van der Waals surface area contributed by atoms with Gasteiger partial charge in [-0.3, -0.25) is 0 Å². The smallest absolute Gasteiger partial charge is 0.0377 e. The third-order valence-corrected chi connectivity index (χ3v) is 5.71. The molecular formula is C22H28N2. The van der Waals surface area contributed by atoms with Crippen molar-refractivity contribution in [2.45, 2.75) is 64.0 Å². The fourth-order valence-corrected chi connectivity index (χ4v) is 4.12. The molecule has 0 bridgehead atoms. The molecule has 0 amide bonds. The van der Waals surface area contributed by atoms with Gasteiger partial charge in [0.2, 0.25) is 0 Å². The fraction of sp³-hybridized carbons (Fsp3) is 0.455. The third kappa shape index (κ3) is 3.28. The first-order valence-electron chi connectivity index (χ1n) is 9.54. The summed E-state index contributed by atoms with van der Waals surface area (Å²) in [5.74, 6) is 0. The molecule has 2 aliphatic rings. The quantitative estimate of drug-likeness (QED) is 0.811. The zero-order valence-corrected chi connectivity index (χ0v) is 14.6. The Morgan fingerprint density at radius 3 is 2.50 bits per heavy atom. The van der Waals surface area contributed by atoms with Crippen LogP contribution in [0.1, 0.15) is 49.3 Å². The van der Waals surface area contributed by atoms with Gasteiger partial charge in [-0.1, -0.05) is 37.3 Å². The summed E-state index contributed by atoms with van der Waals surface area (Å²) in [6.45, 7) is 2.28. The summed E-state index contributed by atoms with van der Waals surface area (Å²) < 4.78 is 0. The van der Waals surface area contributed by atoms with Gasteiger partial charge in [0.05, 0.1) is 0 Å². The highest BCUT2D eigenvalue weighted by atomic mass is 14.9. The monoisotopic (exact) mass is 320 g/mol. The molecule has 24 heavy (non-hydrogen) atoms.